The van der Waals surface area contributed by atoms with Crippen LogP contribution in [0.5, 0.6) is 0 Å². The number of ether oxygens (including phenoxy) is 4. The third-order valence-electron chi connectivity index (χ3n) is 2.05. The van der Waals surface area contributed by atoms with Gasteiger partial charge < -0.3 is 29.2 Å². The second-order valence-corrected chi connectivity index (χ2v) is 4.52. The van der Waals surface area contributed by atoms with E-state index in [1.165, 1.54) is 0 Å². The van der Waals surface area contributed by atoms with E-state index in [4.69, 9.17) is 29.2 Å². The molecule has 0 saturated heterocycles. The fraction of sp³-hybridized carbons (Fsp3) is 0.750. The van der Waals surface area contributed by atoms with Crippen molar-refractivity contribution in [3.8, 4) is 0 Å². The van der Waals surface area contributed by atoms with Crippen LogP contribution in [0.25, 0.3) is 0 Å². The summed E-state index contributed by atoms with van der Waals surface area (Å²) in [6, 6.07) is 0. The molecule has 0 radical (unpaired) electrons. The van der Waals surface area contributed by atoms with Gasteiger partial charge in [0.25, 0.3) is 0 Å². The molecule has 0 fully saturated rings. The van der Waals surface area contributed by atoms with E-state index in [2.05, 4.69) is 13.2 Å². The predicted octanol–water partition coefficient (Wildman–Crippen LogP) is 1.17. The Kier molecular flexibility index (Phi) is 21.6. The predicted molar refractivity (Wildman–Crippen MR) is 87.0 cm³/mol. The van der Waals surface area contributed by atoms with Crippen molar-refractivity contribution in [1.82, 2.24) is 0 Å². The maximum atomic E-state index is 8.62. The lowest BCUT2D eigenvalue weighted by Gasteiger charge is -2.12. The van der Waals surface area contributed by atoms with Crippen LogP contribution in [0.15, 0.2) is 25.3 Å². The van der Waals surface area contributed by atoms with E-state index in [-0.39, 0.29) is 18.8 Å². The van der Waals surface area contributed by atoms with Crippen LogP contribution in [-0.4, -0.2) is 75.3 Å². The minimum absolute atomic E-state index is 0.0153. The highest BCUT2D eigenvalue weighted by Gasteiger charge is 2.00. The fourth-order valence-corrected chi connectivity index (χ4v) is 1.16. The molecule has 0 saturated carbocycles. The van der Waals surface area contributed by atoms with Crippen molar-refractivity contribution < 1.29 is 29.2 Å². The standard InChI is InChI=1S/C10H20O4.C6H12O2/c1-3-5-12-7-8-13-9-10(2)14-6-4-11;1-3-4-8-5-6(2)7/h3,10-11H,1,4-9H2,2H3;3,6-7H,1,4-5H2,2H3. The molecule has 0 spiro atoms. The Morgan fingerprint density at radius 3 is 2.05 bits per heavy atom. The largest absolute Gasteiger partial charge is 0.394 e. The van der Waals surface area contributed by atoms with Gasteiger partial charge in [-0.05, 0) is 13.8 Å². The van der Waals surface area contributed by atoms with Gasteiger partial charge in [0.15, 0.2) is 0 Å². The Labute approximate surface area is 134 Å². The lowest BCUT2D eigenvalue weighted by Crippen LogP contribution is -2.19. The molecule has 0 aromatic carbocycles. The Balaban J connectivity index is 0. The molecular weight excluding hydrogens is 288 g/mol. The van der Waals surface area contributed by atoms with Crippen molar-refractivity contribution in [3.63, 3.8) is 0 Å². The summed E-state index contributed by atoms with van der Waals surface area (Å²) in [6.45, 7) is 14.1. The normalized spacial score (nSPS) is 12.9. The van der Waals surface area contributed by atoms with Crippen LogP contribution in [0.1, 0.15) is 13.8 Å². The van der Waals surface area contributed by atoms with Crippen molar-refractivity contribution in [2.45, 2.75) is 26.1 Å². The molecule has 22 heavy (non-hydrogen) atoms. The SMILES string of the molecule is C=CCOCC(C)O.C=CCOCCOCC(C)OCCO. The summed E-state index contributed by atoms with van der Waals surface area (Å²) in [5, 5.41) is 17.1. The van der Waals surface area contributed by atoms with E-state index in [0.717, 1.165) is 0 Å². The van der Waals surface area contributed by atoms with Gasteiger partial charge >= 0.3 is 0 Å². The van der Waals surface area contributed by atoms with Crippen molar-refractivity contribution in [2.24, 2.45) is 0 Å². The molecule has 0 aliphatic carbocycles. The van der Waals surface area contributed by atoms with E-state index in [1.807, 2.05) is 6.92 Å². The highest BCUT2D eigenvalue weighted by Crippen LogP contribution is 1.91. The molecule has 0 heterocycles. The summed E-state index contributed by atoms with van der Waals surface area (Å²) in [4.78, 5) is 0. The minimum atomic E-state index is -0.366. The number of hydrogen-bond donors (Lipinski definition) is 2. The topological polar surface area (TPSA) is 77.4 Å². The Bertz CT molecular complexity index is 233. The molecule has 0 rings (SSSR count). The summed E-state index contributed by atoms with van der Waals surface area (Å²) in [5.41, 5.74) is 0. The molecule has 2 N–H and O–H groups in total. The van der Waals surface area contributed by atoms with E-state index in [0.29, 0.717) is 46.2 Å². The highest BCUT2D eigenvalue weighted by atomic mass is 16.5. The zero-order valence-electron chi connectivity index (χ0n) is 13.9. The van der Waals surface area contributed by atoms with Crippen LogP contribution in [-0.2, 0) is 18.9 Å². The molecule has 0 bridgehead atoms. The van der Waals surface area contributed by atoms with Gasteiger partial charge in [-0.1, -0.05) is 12.2 Å². The smallest absolute Gasteiger partial charge is 0.0781 e. The molecule has 6 heteroatoms. The molecule has 2 atom stereocenters. The Morgan fingerprint density at radius 1 is 0.909 bits per heavy atom. The van der Waals surface area contributed by atoms with Crippen LogP contribution in [0.3, 0.4) is 0 Å². The summed E-state index contributed by atoms with van der Waals surface area (Å²) < 4.78 is 20.5. The number of aliphatic hydroxyl groups is 2. The molecule has 0 aromatic rings. The molecule has 6 nitrogen and oxygen atoms in total. The van der Waals surface area contributed by atoms with Crippen molar-refractivity contribution in [3.05, 3.63) is 25.3 Å². The van der Waals surface area contributed by atoms with Crippen molar-refractivity contribution >= 4 is 0 Å². The first kappa shape index (κ1) is 23.5. The van der Waals surface area contributed by atoms with Crippen molar-refractivity contribution in [1.29, 1.82) is 0 Å². The van der Waals surface area contributed by atoms with Gasteiger partial charge in [-0.15, -0.1) is 13.2 Å². The maximum absolute atomic E-state index is 8.62. The quantitative estimate of drug-likeness (QED) is 0.370. The van der Waals surface area contributed by atoms with Gasteiger partial charge in [0, 0.05) is 0 Å². The van der Waals surface area contributed by atoms with Crippen molar-refractivity contribution in [2.75, 3.05) is 52.9 Å². The third-order valence-corrected chi connectivity index (χ3v) is 2.05. The molecule has 132 valence electrons. The molecule has 0 aliphatic heterocycles. The minimum Gasteiger partial charge on any atom is -0.394 e. The number of hydrogen-bond acceptors (Lipinski definition) is 6. The second-order valence-electron chi connectivity index (χ2n) is 4.52. The van der Waals surface area contributed by atoms with Gasteiger partial charge in [0.2, 0.25) is 0 Å². The zero-order chi connectivity index (χ0) is 17.1. The molecule has 0 aliphatic rings. The van der Waals surface area contributed by atoms with Gasteiger partial charge in [-0.25, -0.2) is 0 Å². The second kappa shape index (κ2) is 20.2. The monoisotopic (exact) mass is 320 g/mol. The van der Waals surface area contributed by atoms with E-state index in [1.54, 1.807) is 19.1 Å². The van der Waals surface area contributed by atoms with Crippen LogP contribution in [0.4, 0.5) is 0 Å². The first-order valence-corrected chi connectivity index (χ1v) is 7.44. The first-order valence-electron chi connectivity index (χ1n) is 7.44. The van der Waals surface area contributed by atoms with Crippen LogP contribution in [0.2, 0.25) is 0 Å². The first-order chi connectivity index (χ1) is 10.6. The summed E-state index contributed by atoms with van der Waals surface area (Å²) >= 11 is 0. The molecule has 0 amide bonds. The van der Waals surface area contributed by atoms with E-state index >= 15 is 0 Å². The van der Waals surface area contributed by atoms with E-state index < -0.39 is 0 Å². The summed E-state index contributed by atoms with van der Waals surface area (Å²) in [5.74, 6) is 0. The van der Waals surface area contributed by atoms with Gasteiger partial charge in [-0.3, -0.25) is 0 Å². The van der Waals surface area contributed by atoms with Crippen LogP contribution < -0.4 is 0 Å². The van der Waals surface area contributed by atoms with Gasteiger partial charge in [0.05, 0.1) is 65.1 Å². The fourth-order valence-electron chi connectivity index (χ4n) is 1.16. The molecule has 2 unspecified atom stereocenters. The highest BCUT2D eigenvalue weighted by molar-refractivity contribution is 4.64. The maximum Gasteiger partial charge on any atom is 0.0781 e. The average Bonchev–Trinajstić information content (AvgIpc) is 2.49. The van der Waals surface area contributed by atoms with Gasteiger partial charge in [0.1, 0.15) is 0 Å². The van der Waals surface area contributed by atoms with Crippen LogP contribution >= 0.6 is 0 Å². The summed E-state index contributed by atoms with van der Waals surface area (Å²) in [6.07, 6.45) is 3.01. The lowest BCUT2D eigenvalue weighted by molar-refractivity contribution is -0.0297. The number of aliphatic hydroxyl groups excluding tert-OH is 2. The summed E-state index contributed by atoms with van der Waals surface area (Å²) in [7, 11) is 0. The lowest BCUT2D eigenvalue weighted by atomic mass is 10.4. The van der Waals surface area contributed by atoms with Gasteiger partial charge in [-0.2, -0.15) is 0 Å². The zero-order valence-corrected chi connectivity index (χ0v) is 13.9. The number of rotatable bonds is 14. The van der Waals surface area contributed by atoms with E-state index in [9.17, 15) is 0 Å². The molecular formula is C16H32O6. The Morgan fingerprint density at radius 2 is 1.50 bits per heavy atom. The van der Waals surface area contributed by atoms with Crippen LogP contribution in [0, 0.1) is 0 Å². The molecule has 0 aromatic heterocycles. The Hall–Kier alpha value is -0.760. The third kappa shape index (κ3) is 24.3. The average molecular weight is 320 g/mol.